The topological polar surface area (TPSA) is 121 Å². The van der Waals surface area contributed by atoms with Gasteiger partial charge in [0.1, 0.15) is 11.8 Å². The van der Waals surface area contributed by atoms with E-state index in [1.165, 1.54) is 0 Å². The van der Waals surface area contributed by atoms with E-state index in [1.54, 1.807) is 0 Å². The molecule has 0 aromatic heterocycles. The zero-order chi connectivity index (χ0) is 14.9. The molecule has 0 spiro atoms. The summed E-state index contributed by atoms with van der Waals surface area (Å²) < 4.78 is 8.39. The van der Waals surface area contributed by atoms with Gasteiger partial charge in [-0.1, -0.05) is 0 Å². The summed E-state index contributed by atoms with van der Waals surface area (Å²) in [4.78, 5) is 67.0. The highest BCUT2D eigenvalue weighted by atomic mass is 16.6. The fourth-order valence-electron chi connectivity index (χ4n) is 1.78. The minimum atomic E-state index is -1.26. The molecule has 2 aliphatic rings. The van der Waals surface area contributed by atoms with Gasteiger partial charge >= 0.3 is 23.9 Å². The summed E-state index contributed by atoms with van der Waals surface area (Å²) in [6.45, 7) is 0. The molecule has 104 valence electrons. The highest BCUT2D eigenvalue weighted by Crippen LogP contribution is 2.19. The van der Waals surface area contributed by atoms with Gasteiger partial charge < -0.3 is 9.47 Å². The molecular formula is C12H8O8. The second-order valence-electron chi connectivity index (χ2n) is 4.24. The fraction of sp³-hybridized carbons (Fsp3) is 0.333. The van der Waals surface area contributed by atoms with Crippen molar-refractivity contribution < 1.29 is 38.2 Å². The quantitative estimate of drug-likeness (QED) is 0.360. The van der Waals surface area contributed by atoms with Crippen LogP contribution in [0.1, 0.15) is 12.8 Å². The van der Waals surface area contributed by atoms with Gasteiger partial charge in [-0.15, -0.1) is 0 Å². The van der Waals surface area contributed by atoms with Gasteiger partial charge in [0.05, 0.1) is 12.8 Å². The van der Waals surface area contributed by atoms with Crippen LogP contribution in [0.2, 0.25) is 0 Å². The maximum absolute atomic E-state index is 11.6. The van der Waals surface area contributed by atoms with Crippen LogP contribution in [0.5, 0.6) is 0 Å². The van der Waals surface area contributed by atoms with E-state index in [0.29, 0.717) is 0 Å². The van der Waals surface area contributed by atoms with Crippen molar-refractivity contribution >= 4 is 35.4 Å². The van der Waals surface area contributed by atoms with Crippen LogP contribution in [0.15, 0.2) is 12.2 Å². The molecule has 8 heteroatoms. The minimum Gasteiger partial charge on any atom is -0.393 e. The van der Waals surface area contributed by atoms with E-state index in [-0.39, 0.29) is 12.8 Å². The van der Waals surface area contributed by atoms with Gasteiger partial charge in [-0.3, -0.25) is 28.8 Å². The summed E-state index contributed by atoms with van der Waals surface area (Å²) in [6, 6.07) is 0. The smallest absolute Gasteiger partial charge is 0.325 e. The van der Waals surface area contributed by atoms with Crippen molar-refractivity contribution in [3.05, 3.63) is 12.2 Å². The number of rotatable bonds is 4. The standard InChI is InChI=1S/C12H8O8/c13-7(5-3-9(15)19-11(5)17)1-2-8(14)6-4-10(16)20-12(6)18/h1-2,5-6H,3-4H2/b2-1-. The zero-order valence-corrected chi connectivity index (χ0v) is 9.99. The highest BCUT2D eigenvalue weighted by molar-refractivity contribution is 6.16. The molecule has 2 saturated heterocycles. The Hall–Kier alpha value is -2.64. The highest BCUT2D eigenvalue weighted by Gasteiger charge is 2.39. The van der Waals surface area contributed by atoms with Crippen molar-refractivity contribution in [2.24, 2.45) is 11.8 Å². The van der Waals surface area contributed by atoms with Crippen molar-refractivity contribution in [1.82, 2.24) is 0 Å². The second kappa shape index (κ2) is 5.16. The van der Waals surface area contributed by atoms with E-state index < -0.39 is 47.3 Å². The maximum atomic E-state index is 11.6. The zero-order valence-electron chi connectivity index (χ0n) is 9.99. The first-order valence-electron chi connectivity index (χ1n) is 5.63. The molecule has 0 aromatic carbocycles. The van der Waals surface area contributed by atoms with Crippen molar-refractivity contribution in [3.8, 4) is 0 Å². The minimum absolute atomic E-state index is 0.375. The fourth-order valence-corrected chi connectivity index (χ4v) is 1.78. The van der Waals surface area contributed by atoms with Crippen LogP contribution in [0.25, 0.3) is 0 Å². The molecule has 0 amide bonds. The number of hydrogen-bond acceptors (Lipinski definition) is 8. The third kappa shape index (κ3) is 2.68. The summed E-state index contributed by atoms with van der Waals surface area (Å²) in [5, 5.41) is 0. The molecule has 0 aliphatic carbocycles. The first-order valence-corrected chi connectivity index (χ1v) is 5.63. The van der Waals surface area contributed by atoms with Crippen LogP contribution < -0.4 is 0 Å². The molecule has 2 rings (SSSR count). The molecule has 8 nitrogen and oxygen atoms in total. The molecule has 20 heavy (non-hydrogen) atoms. The van der Waals surface area contributed by atoms with Gasteiger partial charge in [-0.25, -0.2) is 0 Å². The number of hydrogen-bond donors (Lipinski definition) is 0. The van der Waals surface area contributed by atoms with Crippen LogP contribution in [0.4, 0.5) is 0 Å². The summed E-state index contributed by atoms with van der Waals surface area (Å²) in [7, 11) is 0. The molecule has 2 heterocycles. The van der Waals surface area contributed by atoms with E-state index in [0.717, 1.165) is 12.2 Å². The Morgan fingerprint density at radius 2 is 1.15 bits per heavy atom. The third-order valence-electron chi connectivity index (χ3n) is 2.84. The van der Waals surface area contributed by atoms with Crippen molar-refractivity contribution in [1.29, 1.82) is 0 Å². The van der Waals surface area contributed by atoms with Gasteiger partial charge in [-0.2, -0.15) is 0 Å². The number of ketones is 2. The number of esters is 4. The molecule has 0 saturated carbocycles. The Labute approximate surface area is 111 Å². The molecule has 0 aromatic rings. The van der Waals surface area contributed by atoms with E-state index >= 15 is 0 Å². The maximum Gasteiger partial charge on any atom is 0.325 e. The number of carbonyl (C=O) groups excluding carboxylic acids is 6. The van der Waals surface area contributed by atoms with Crippen LogP contribution in [-0.2, 0) is 38.2 Å². The average molecular weight is 280 g/mol. The lowest BCUT2D eigenvalue weighted by atomic mass is 9.99. The first-order chi connectivity index (χ1) is 9.38. The molecule has 0 radical (unpaired) electrons. The lowest BCUT2D eigenvalue weighted by molar-refractivity contribution is -0.155. The van der Waals surface area contributed by atoms with Crippen LogP contribution in [-0.4, -0.2) is 35.4 Å². The molecular weight excluding hydrogens is 272 g/mol. The van der Waals surface area contributed by atoms with E-state index in [4.69, 9.17) is 0 Å². The van der Waals surface area contributed by atoms with Crippen molar-refractivity contribution in [2.45, 2.75) is 12.8 Å². The van der Waals surface area contributed by atoms with Gasteiger partial charge in [0.15, 0.2) is 11.6 Å². The van der Waals surface area contributed by atoms with Gasteiger partial charge in [0.25, 0.3) is 0 Å². The Kier molecular flexibility index (Phi) is 3.55. The van der Waals surface area contributed by atoms with Gasteiger partial charge in [-0.05, 0) is 12.2 Å². The Morgan fingerprint density at radius 1 is 0.800 bits per heavy atom. The van der Waals surface area contributed by atoms with E-state index in [9.17, 15) is 28.8 Å². The van der Waals surface area contributed by atoms with Gasteiger partial charge in [0.2, 0.25) is 0 Å². The van der Waals surface area contributed by atoms with Gasteiger partial charge in [0, 0.05) is 0 Å². The Balaban J connectivity index is 1.99. The predicted molar refractivity (Wildman–Crippen MR) is 57.6 cm³/mol. The van der Waals surface area contributed by atoms with Crippen molar-refractivity contribution in [2.75, 3.05) is 0 Å². The SMILES string of the molecule is O=C1CC(C(=O)/C=C\C(=O)C2CC(=O)OC2=O)C(=O)O1. The monoisotopic (exact) mass is 280 g/mol. The van der Waals surface area contributed by atoms with Crippen LogP contribution in [0.3, 0.4) is 0 Å². The Bertz CT molecular complexity index is 520. The number of cyclic esters (lactones) is 4. The van der Waals surface area contributed by atoms with Crippen LogP contribution >= 0.6 is 0 Å². The summed E-state index contributed by atoms with van der Waals surface area (Å²) in [6.07, 6.45) is 0.839. The molecule has 2 unspecified atom stereocenters. The molecule has 0 N–H and O–H groups in total. The number of carbonyl (C=O) groups is 6. The summed E-state index contributed by atoms with van der Waals surface area (Å²) >= 11 is 0. The average Bonchev–Trinajstić information content (AvgIpc) is 2.88. The molecule has 2 aliphatic heterocycles. The number of ether oxygens (including phenoxy) is 2. The predicted octanol–water partition coefficient (Wildman–Crippen LogP) is -1.14. The first kappa shape index (κ1) is 13.8. The second-order valence-corrected chi connectivity index (χ2v) is 4.24. The number of allylic oxidation sites excluding steroid dienone is 2. The summed E-state index contributed by atoms with van der Waals surface area (Å²) in [5.41, 5.74) is 0. The lowest BCUT2D eigenvalue weighted by Gasteiger charge is -1.99. The van der Waals surface area contributed by atoms with E-state index in [2.05, 4.69) is 9.47 Å². The molecule has 2 atom stereocenters. The molecule has 2 fully saturated rings. The van der Waals surface area contributed by atoms with Crippen molar-refractivity contribution in [3.63, 3.8) is 0 Å². The van der Waals surface area contributed by atoms with E-state index in [1.807, 2.05) is 0 Å². The lowest BCUT2D eigenvalue weighted by Crippen LogP contribution is -2.20. The normalized spacial score (nSPS) is 26.0. The van der Waals surface area contributed by atoms with Crippen LogP contribution in [0, 0.1) is 11.8 Å². The Morgan fingerprint density at radius 3 is 1.40 bits per heavy atom. The summed E-state index contributed by atoms with van der Waals surface area (Å²) in [5.74, 6) is -7.61. The molecule has 0 bridgehead atoms. The third-order valence-corrected chi connectivity index (χ3v) is 2.84. The largest absolute Gasteiger partial charge is 0.393 e.